The van der Waals surface area contributed by atoms with E-state index in [1.165, 1.54) is 57.8 Å². The number of hydrogen-bond acceptors (Lipinski definition) is 3. The number of carbonyl (C=O) groups is 1. The third kappa shape index (κ3) is 4.28. The van der Waals surface area contributed by atoms with Gasteiger partial charge in [-0.05, 0) is 31.4 Å². The number of unbranched alkanes of at least 4 members (excludes halogenated alkanes) is 9. The fourth-order valence-corrected chi connectivity index (χ4v) is 4.60. The minimum Gasteiger partial charge on any atom is -0.336 e. The first-order valence-corrected chi connectivity index (χ1v) is 11.3. The molecule has 0 atom stereocenters. The lowest BCUT2D eigenvalue weighted by molar-refractivity contribution is -0.180. The van der Waals surface area contributed by atoms with Crippen molar-refractivity contribution in [3.8, 4) is 0 Å². The maximum absolute atomic E-state index is 13.3. The minimum absolute atomic E-state index is 0.0340. The van der Waals surface area contributed by atoms with Gasteiger partial charge in [0.15, 0.2) is 0 Å². The average Bonchev–Trinajstić information content (AvgIpc) is 3.27. The second kappa shape index (κ2) is 9.89. The van der Waals surface area contributed by atoms with Crippen molar-refractivity contribution in [3.63, 3.8) is 0 Å². The highest BCUT2D eigenvalue weighted by molar-refractivity contribution is 6.07. The number of fused-ring (bicyclic) bond motifs is 2. The first-order chi connectivity index (χ1) is 13.6. The van der Waals surface area contributed by atoms with E-state index < -0.39 is 5.79 Å². The quantitative estimate of drug-likeness (QED) is 0.452. The van der Waals surface area contributed by atoms with E-state index in [-0.39, 0.29) is 5.91 Å². The molecule has 0 radical (unpaired) electrons. The molecule has 4 nitrogen and oxygen atoms in total. The van der Waals surface area contributed by atoms with Crippen LogP contribution in [-0.2, 0) is 20.1 Å². The lowest BCUT2D eigenvalue weighted by atomic mass is 9.98. The van der Waals surface area contributed by atoms with Crippen molar-refractivity contribution < 1.29 is 14.3 Å². The van der Waals surface area contributed by atoms with Crippen molar-refractivity contribution in [2.75, 3.05) is 24.7 Å². The zero-order chi connectivity index (χ0) is 20.0. The number of nitrogens with zero attached hydrogens (tertiary/aromatic N) is 1. The summed E-state index contributed by atoms with van der Waals surface area (Å²) in [6.07, 6.45) is 12.9. The van der Waals surface area contributed by atoms with E-state index >= 15 is 0 Å². The molecule has 1 aromatic carbocycles. The monoisotopic (exact) mass is 387 g/mol. The highest BCUT2D eigenvalue weighted by atomic mass is 16.7. The molecule has 0 aliphatic carbocycles. The molecule has 0 aromatic heterocycles. The van der Waals surface area contributed by atoms with Crippen LogP contribution in [0.3, 0.4) is 0 Å². The number of amides is 1. The van der Waals surface area contributed by atoms with E-state index in [9.17, 15) is 4.79 Å². The molecule has 4 heteroatoms. The summed E-state index contributed by atoms with van der Waals surface area (Å²) >= 11 is 0. The molecular weight excluding hydrogens is 350 g/mol. The second-order valence-electron chi connectivity index (χ2n) is 8.38. The number of ether oxygens (including phenoxy) is 2. The highest BCUT2D eigenvalue weighted by Gasteiger charge is 2.57. The SMILES string of the molecule is CCCCCCCCCCCCN1C(=O)C2(OCCO2)c2c(C)ccc(C)c21. The maximum Gasteiger partial charge on any atom is 0.292 e. The van der Waals surface area contributed by atoms with Gasteiger partial charge in [0.25, 0.3) is 11.7 Å². The fraction of sp³-hybridized carbons (Fsp3) is 0.708. The molecule has 1 saturated heterocycles. The number of aryl methyl sites for hydroxylation is 2. The van der Waals surface area contributed by atoms with Crippen LogP contribution in [0, 0.1) is 13.8 Å². The number of benzene rings is 1. The zero-order valence-corrected chi connectivity index (χ0v) is 18.0. The van der Waals surface area contributed by atoms with Crippen molar-refractivity contribution in [1.82, 2.24) is 0 Å². The topological polar surface area (TPSA) is 38.8 Å². The van der Waals surface area contributed by atoms with Crippen LogP contribution in [0.25, 0.3) is 0 Å². The summed E-state index contributed by atoms with van der Waals surface area (Å²) in [6.45, 7) is 8.09. The largest absolute Gasteiger partial charge is 0.336 e. The van der Waals surface area contributed by atoms with E-state index in [1.807, 2.05) is 11.8 Å². The standard InChI is InChI=1S/C24H37NO3/c1-4-5-6-7-8-9-10-11-12-13-16-25-22-20(3)15-14-19(2)21(22)24(23(25)26)27-17-18-28-24/h14-15H,4-13,16-18H2,1-3H3. The van der Waals surface area contributed by atoms with E-state index in [0.717, 1.165) is 35.3 Å². The lowest BCUT2D eigenvalue weighted by Crippen LogP contribution is -2.41. The van der Waals surface area contributed by atoms with Crippen molar-refractivity contribution in [1.29, 1.82) is 0 Å². The molecule has 1 aromatic rings. The summed E-state index contributed by atoms with van der Waals surface area (Å²) in [5, 5.41) is 0. The molecule has 1 spiro atoms. The number of carbonyl (C=O) groups excluding carboxylic acids is 1. The van der Waals surface area contributed by atoms with Crippen molar-refractivity contribution >= 4 is 11.6 Å². The van der Waals surface area contributed by atoms with Gasteiger partial charge in [-0.25, -0.2) is 0 Å². The van der Waals surface area contributed by atoms with Crippen molar-refractivity contribution in [2.24, 2.45) is 0 Å². The van der Waals surface area contributed by atoms with Crippen LogP contribution in [0.1, 0.15) is 87.8 Å². The van der Waals surface area contributed by atoms with Crippen LogP contribution < -0.4 is 4.90 Å². The molecular formula is C24H37NO3. The Bertz CT molecular complexity index is 664. The van der Waals surface area contributed by atoms with Gasteiger partial charge in [0.1, 0.15) is 0 Å². The van der Waals surface area contributed by atoms with E-state index in [1.54, 1.807) is 0 Å². The molecule has 0 saturated carbocycles. The summed E-state index contributed by atoms with van der Waals surface area (Å²) in [5.74, 6) is -1.22. The molecule has 0 unspecified atom stereocenters. The normalized spacial score (nSPS) is 17.7. The Kier molecular flexibility index (Phi) is 7.53. The minimum atomic E-state index is -1.19. The number of hydrogen-bond donors (Lipinski definition) is 0. The lowest BCUT2D eigenvalue weighted by Gasteiger charge is -2.22. The highest BCUT2D eigenvalue weighted by Crippen LogP contribution is 2.48. The van der Waals surface area contributed by atoms with Crippen LogP contribution in [0.5, 0.6) is 0 Å². The van der Waals surface area contributed by atoms with Crippen LogP contribution in [0.4, 0.5) is 5.69 Å². The predicted octanol–water partition coefficient (Wildman–Crippen LogP) is 5.77. The molecule has 1 amide bonds. The van der Waals surface area contributed by atoms with Gasteiger partial charge in [0.05, 0.1) is 18.9 Å². The van der Waals surface area contributed by atoms with Gasteiger partial charge in [-0.15, -0.1) is 0 Å². The summed E-state index contributed by atoms with van der Waals surface area (Å²) in [4.78, 5) is 15.2. The molecule has 0 N–H and O–H groups in total. The Labute approximate surface area is 170 Å². The van der Waals surface area contributed by atoms with E-state index in [4.69, 9.17) is 9.47 Å². The molecule has 2 aliphatic heterocycles. The van der Waals surface area contributed by atoms with E-state index in [2.05, 4.69) is 26.0 Å². The third-order valence-electron chi connectivity index (χ3n) is 6.14. The van der Waals surface area contributed by atoms with Crippen LogP contribution >= 0.6 is 0 Å². The van der Waals surface area contributed by atoms with Crippen LogP contribution in [0.15, 0.2) is 12.1 Å². The Morgan fingerprint density at radius 2 is 1.39 bits per heavy atom. The first kappa shape index (κ1) is 21.3. The zero-order valence-electron chi connectivity index (χ0n) is 18.0. The van der Waals surface area contributed by atoms with Gasteiger partial charge >= 0.3 is 0 Å². The molecule has 3 rings (SSSR count). The fourth-order valence-electron chi connectivity index (χ4n) is 4.60. The average molecular weight is 388 g/mol. The molecule has 1 fully saturated rings. The van der Waals surface area contributed by atoms with Crippen LogP contribution in [-0.4, -0.2) is 25.7 Å². The molecule has 156 valence electrons. The Morgan fingerprint density at radius 3 is 2.00 bits per heavy atom. The van der Waals surface area contributed by atoms with Crippen molar-refractivity contribution in [2.45, 2.75) is 90.8 Å². The summed E-state index contributed by atoms with van der Waals surface area (Å²) in [7, 11) is 0. The smallest absolute Gasteiger partial charge is 0.292 e. The van der Waals surface area contributed by atoms with Gasteiger partial charge in [-0.2, -0.15) is 0 Å². The number of anilines is 1. The van der Waals surface area contributed by atoms with Gasteiger partial charge in [0, 0.05) is 12.1 Å². The van der Waals surface area contributed by atoms with E-state index in [0.29, 0.717) is 13.2 Å². The predicted molar refractivity (Wildman–Crippen MR) is 114 cm³/mol. The summed E-state index contributed by atoms with van der Waals surface area (Å²) in [5.41, 5.74) is 4.14. The van der Waals surface area contributed by atoms with Gasteiger partial charge in [-0.1, -0.05) is 76.8 Å². The molecule has 2 heterocycles. The Balaban J connectivity index is 1.52. The van der Waals surface area contributed by atoms with Gasteiger partial charge in [-0.3, -0.25) is 4.79 Å². The Morgan fingerprint density at radius 1 is 0.857 bits per heavy atom. The Hall–Kier alpha value is -1.39. The van der Waals surface area contributed by atoms with Gasteiger partial charge < -0.3 is 14.4 Å². The third-order valence-corrected chi connectivity index (χ3v) is 6.14. The second-order valence-corrected chi connectivity index (χ2v) is 8.38. The molecule has 2 aliphatic rings. The molecule has 28 heavy (non-hydrogen) atoms. The number of rotatable bonds is 11. The maximum atomic E-state index is 13.3. The van der Waals surface area contributed by atoms with Crippen LogP contribution in [0.2, 0.25) is 0 Å². The van der Waals surface area contributed by atoms with Gasteiger partial charge in [0.2, 0.25) is 0 Å². The van der Waals surface area contributed by atoms with Crippen molar-refractivity contribution in [3.05, 3.63) is 28.8 Å². The summed E-state index contributed by atoms with van der Waals surface area (Å²) < 4.78 is 11.8. The first-order valence-electron chi connectivity index (χ1n) is 11.3. The molecule has 0 bridgehead atoms. The summed E-state index contributed by atoms with van der Waals surface area (Å²) in [6, 6.07) is 4.17.